The van der Waals surface area contributed by atoms with Gasteiger partial charge in [0.1, 0.15) is 11.5 Å². The molecule has 0 amide bonds. The van der Waals surface area contributed by atoms with Gasteiger partial charge in [0.2, 0.25) is 0 Å². The van der Waals surface area contributed by atoms with Crippen LogP contribution in [0.15, 0.2) is 59.9 Å². The Morgan fingerprint density at radius 1 is 1.23 bits per heavy atom. The van der Waals surface area contributed by atoms with Crippen LogP contribution in [0.4, 0.5) is 0 Å². The number of nitrogens with two attached hydrogens (primary N) is 2. The minimum absolute atomic E-state index is 0.0250. The molecule has 6 nitrogen and oxygen atoms in total. The maximum Gasteiger partial charge on any atom is 0.337 e. The van der Waals surface area contributed by atoms with Crippen LogP contribution in [-0.4, -0.2) is 25.1 Å². The Morgan fingerprint density at radius 3 is 2.18 bits per heavy atom. The number of esters is 1. The first-order valence-electron chi connectivity index (χ1n) is 6.24. The molecule has 0 spiro atoms. The lowest BCUT2D eigenvalue weighted by atomic mass is 10.1. The number of nitrogens with zero attached hydrogens (tertiary/aromatic N) is 1. The summed E-state index contributed by atoms with van der Waals surface area (Å²) in [5, 5.41) is 0. The highest BCUT2D eigenvalue weighted by Crippen LogP contribution is 2.16. The number of hydrogen-bond donors (Lipinski definition) is 2. The number of carbonyl (C=O) groups excluding carboxylic acids is 2. The molecule has 0 saturated carbocycles. The molecule has 0 aliphatic rings. The smallest absolute Gasteiger partial charge is 0.337 e. The molecule has 4 N–H and O–H groups in total. The molecule has 0 radical (unpaired) electrons. The maximum absolute atomic E-state index is 11.4. The summed E-state index contributed by atoms with van der Waals surface area (Å²) in [5.74, 6) is -0.503. The minimum atomic E-state index is -0.443. The van der Waals surface area contributed by atoms with E-state index in [2.05, 4.69) is 22.9 Å². The van der Waals surface area contributed by atoms with Gasteiger partial charge in [-0.1, -0.05) is 31.4 Å². The van der Waals surface area contributed by atoms with Gasteiger partial charge in [0, 0.05) is 5.57 Å². The normalized spacial score (nSPS) is 10.5. The van der Waals surface area contributed by atoms with Crippen LogP contribution >= 0.6 is 0 Å². The molecule has 0 heterocycles. The summed E-state index contributed by atoms with van der Waals surface area (Å²) in [4.78, 5) is 26.6. The number of allylic oxidation sites excluding steroid dienone is 2. The monoisotopic (exact) mass is 299 g/mol. The summed E-state index contributed by atoms with van der Waals surface area (Å²) in [6.07, 6.45) is 1.86. The molecule has 0 aliphatic carbocycles. The lowest BCUT2D eigenvalue weighted by Crippen LogP contribution is -2.17. The van der Waals surface area contributed by atoms with E-state index < -0.39 is 5.97 Å². The van der Waals surface area contributed by atoms with Crippen molar-refractivity contribution in [2.75, 3.05) is 7.11 Å². The van der Waals surface area contributed by atoms with Crippen LogP contribution in [0.1, 0.15) is 15.9 Å². The molecule has 0 atom stereocenters. The molecular weight excluding hydrogens is 282 g/mol. The van der Waals surface area contributed by atoms with Crippen molar-refractivity contribution in [2.45, 2.75) is 0 Å². The zero-order valence-corrected chi connectivity index (χ0v) is 12.2. The van der Waals surface area contributed by atoms with Crippen LogP contribution in [0.25, 0.3) is 5.70 Å². The van der Waals surface area contributed by atoms with Crippen molar-refractivity contribution in [1.29, 1.82) is 0 Å². The van der Waals surface area contributed by atoms with Gasteiger partial charge in [0.05, 0.1) is 18.4 Å². The largest absolute Gasteiger partial charge is 0.465 e. The van der Waals surface area contributed by atoms with E-state index in [1.54, 1.807) is 24.3 Å². The number of benzene rings is 1. The molecule has 1 aromatic carbocycles. The summed E-state index contributed by atoms with van der Waals surface area (Å²) in [6, 6.07) is 6.43. The first kappa shape index (κ1) is 16.9. The second-order valence-corrected chi connectivity index (χ2v) is 4.20. The summed E-state index contributed by atoms with van der Waals surface area (Å²) in [7, 11) is 1.30. The standard InChI is InChI=1S/C16H17N3O3/c1-4-13(15(17)18)14(9-20)19-10(2)11-5-7-12(8-6-11)16(21)22-3/h4-9H,1-2,17-18H2,3H3/b19-14-. The van der Waals surface area contributed by atoms with E-state index in [-0.39, 0.29) is 17.1 Å². The van der Waals surface area contributed by atoms with E-state index in [4.69, 9.17) is 11.5 Å². The highest BCUT2D eigenvalue weighted by atomic mass is 16.5. The molecule has 1 aromatic rings. The average Bonchev–Trinajstić information content (AvgIpc) is 2.53. The van der Waals surface area contributed by atoms with Crippen molar-refractivity contribution in [2.24, 2.45) is 16.5 Å². The van der Waals surface area contributed by atoms with Crippen molar-refractivity contribution in [3.8, 4) is 0 Å². The summed E-state index contributed by atoms with van der Waals surface area (Å²) >= 11 is 0. The Labute approximate surface area is 128 Å². The van der Waals surface area contributed by atoms with Gasteiger partial charge in [-0.3, -0.25) is 4.79 Å². The number of aliphatic imine (C=N–C) groups is 1. The van der Waals surface area contributed by atoms with Gasteiger partial charge in [-0.05, 0) is 17.7 Å². The van der Waals surface area contributed by atoms with Crippen LogP contribution in [0.3, 0.4) is 0 Å². The predicted octanol–water partition coefficient (Wildman–Crippen LogP) is 1.40. The maximum atomic E-state index is 11.4. The zero-order chi connectivity index (χ0) is 16.7. The highest BCUT2D eigenvalue weighted by Gasteiger charge is 2.09. The summed E-state index contributed by atoms with van der Waals surface area (Å²) < 4.78 is 4.61. The van der Waals surface area contributed by atoms with E-state index in [9.17, 15) is 9.59 Å². The average molecular weight is 299 g/mol. The molecule has 0 saturated heterocycles. The number of rotatable bonds is 6. The molecule has 114 valence electrons. The van der Waals surface area contributed by atoms with Gasteiger partial charge in [0.15, 0.2) is 6.29 Å². The van der Waals surface area contributed by atoms with Crippen molar-refractivity contribution >= 4 is 23.7 Å². The van der Waals surface area contributed by atoms with Crippen LogP contribution in [-0.2, 0) is 9.53 Å². The van der Waals surface area contributed by atoms with E-state index in [1.807, 2.05) is 0 Å². The second-order valence-electron chi connectivity index (χ2n) is 4.20. The SMILES string of the molecule is C=CC(=C(N)N)/C(C=O)=N\C(=C)c1ccc(C(=O)OC)cc1. The summed E-state index contributed by atoms with van der Waals surface area (Å²) in [5.41, 5.74) is 12.6. The van der Waals surface area contributed by atoms with E-state index in [1.165, 1.54) is 13.2 Å². The summed E-state index contributed by atoms with van der Waals surface area (Å²) in [6.45, 7) is 7.32. The van der Waals surface area contributed by atoms with Gasteiger partial charge in [-0.2, -0.15) is 0 Å². The van der Waals surface area contributed by atoms with Gasteiger partial charge < -0.3 is 16.2 Å². The minimum Gasteiger partial charge on any atom is -0.465 e. The van der Waals surface area contributed by atoms with Crippen molar-refractivity contribution < 1.29 is 14.3 Å². The molecule has 1 rings (SSSR count). The van der Waals surface area contributed by atoms with E-state index >= 15 is 0 Å². The number of methoxy groups -OCH3 is 1. The zero-order valence-electron chi connectivity index (χ0n) is 12.2. The Balaban J connectivity index is 3.12. The van der Waals surface area contributed by atoms with Gasteiger partial charge >= 0.3 is 5.97 Å². The van der Waals surface area contributed by atoms with Crippen LogP contribution in [0.5, 0.6) is 0 Å². The van der Waals surface area contributed by atoms with Crippen molar-refractivity contribution in [3.63, 3.8) is 0 Å². The third kappa shape index (κ3) is 3.92. The van der Waals surface area contributed by atoms with Crippen LogP contribution < -0.4 is 11.5 Å². The first-order chi connectivity index (χ1) is 10.4. The molecule has 6 heteroatoms. The lowest BCUT2D eigenvalue weighted by Gasteiger charge is -2.06. The molecule has 0 unspecified atom stereocenters. The number of ether oxygens (including phenoxy) is 1. The van der Waals surface area contributed by atoms with Gasteiger partial charge in [-0.25, -0.2) is 9.79 Å². The van der Waals surface area contributed by atoms with Gasteiger partial charge in [0.25, 0.3) is 0 Å². The molecule has 0 aliphatic heterocycles. The third-order valence-electron chi connectivity index (χ3n) is 2.80. The molecular formula is C16H17N3O3. The van der Waals surface area contributed by atoms with Gasteiger partial charge in [-0.15, -0.1) is 0 Å². The first-order valence-corrected chi connectivity index (χ1v) is 6.24. The lowest BCUT2D eigenvalue weighted by molar-refractivity contribution is -0.102. The Morgan fingerprint density at radius 2 is 1.77 bits per heavy atom. The fraction of sp³-hybridized carbons (Fsp3) is 0.0625. The number of hydrogen-bond acceptors (Lipinski definition) is 6. The second kappa shape index (κ2) is 7.58. The van der Waals surface area contributed by atoms with Crippen molar-refractivity contribution in [1.82, 2.24) is 0 Å². The predicted molar refractivity (Wildman–Crippen MR) is 85.9 cm³/mol. The van der Waals surface area contributed by atoms with Crippen molar-refractivity contribution in [3.05, 3.63) is 66.0 Å². The number of aldehydes is 1. The topological polar surface area (TPSA) is 108 Å². The fourth-order valence-corrected chi connectivity index (χ4v) is 1.65. The molecule has 0 fully saturated rings. The Hall–Kier alpha value is -3.15. The van der Waals surface area contributed by atoms with E-state index in [0.717, 1.165) is 0 Å². The molecule has 0 bridgehead atoms. The Bertz CT molecular complexity index is 666. The van der Waals surface area contributed by atoms with E-state index in [0.29, 0.717) is 23.1 Å². The number of carbonyl (C=O) groups is 2. The van der Waals surface area contributed by atoms with Crippen LogP contribution in [0.2, 0.25) is 0 Å². The molecule has 22 heavy (non-hydrogen) atoms. The Kier molecular flexibility index (Phi) is 5.83. The third-order valence-corrected chi connectivity index (χ3v) is 2.80. The quantitative estimate of drug-likeness (QED) is 0.357. The van der Waals surface area contributed by atoms with Crippen LogP contribution in [0, 0.1) is 0 Å². The fourth-order valence-electron chi connectivity index (χ4n) is 1.65. The highest BCUT2D eigenvalue weighted by molar-refractivity contribution is 6.38. The molecule has 0 aromatic heterocycles.